The molecule has 1 aliphatic rings. The predicted octanol–water partition coefficient (Wildman–Crippen LogP) is 5.62. The molecule has 0 aromatic carbocycles. The molecule has 3 nitrogen and oxygen atoms in total. The highest BCUT2D eigenvalue weighted by Crippen LogP contribution is 2.29. The Kier molecular flexibility index (Phi) is 11.4. The van der Waals surface area contributed by atoms with E-state index < -0.39 is 0 Å². The molecule has 1 aliphatic heterocycles. The molecule has 1 N–H and O–H groups in total. The highest BCUT2D eigenvalue weighted by Gasteiger charge is 2.33. The number of hydrogen-bond donors (Lipinski definition) is 1. The lowest BCUT2D eigenvalue weighted by atomic mass is 9.83. The molecule has 24 heavy (non-hydrogen) atoms. The minimum atomic E-state index is -0.308. The van der Waals surface area contributed by atoms with Crippen molar-refractivity contribution in [3.63, 3.8) is 0 Å². The van der Waals surface area contributed by atoms with E-state index in [9.17, 15) is 4.79 Å². The maximum atomic E-state index is 12.1. The largest absolute Gasteiger partial charge is 0.459 e. The fourth-order valence-corrected chi connectivity index (χ4v) is 3.70. The lowest BCUT2D eigenvalue weighted by Crippen LogP contribution is -2.42. The summed E-state index contributed by atoms with van der Waals surface area (Å²) in [6.45, 7) is 8.52. The first-order chi connectivity index (χ1) is 11.6. The van der Waals surface area contributed by atoms with Crippen LogP contribution in [0.4, 0.5) is 0 Å². The Morgan fingerprint density at radius 1 is 0.917 bits per heavy atom. The van der Waals surface area contributed by atoms with Crippen LogP contribution in [0.3, 0.4) is 0 Å². The van der Waals surface area contributed by atoms with Gasteiger partial charge in [0.25, 0.3) is 0 Å². The van der Waals surface area contributed by atoms with Gasteiger partial charge in [0.15, 0.2) is 0 Å². The second-order valence-electron chi connectivity index (χ2n) is 8.03. The number of carbonyl (C=O) groups is 1. The van der Waals surface area contributed by atoms with Crippen molar-refractivity contribution in [2.24, 2.45) is 5.92 Å². The normalized spacial score (nSPS) is 16.3. The maximum Gasteiger partial charge on any atom is 0.306 e. The highest BCUT2D eigenvalue weighted by atomic mass is 16.6. The summed E-state index contributed by atoms with van der Waals surface area (Å²) in [6.07, 6.45) is 15.8. The van der Waals surface area contributed by atoms with E-state index in [0.717, 1.165) is 38.8 Å². The molecule has 1 saturated heterocycles. The summed E-state index contributed by atoms with van der Waals surface area (Å²) in [7, 11) is 0. The van der Waals surface area contributed by atoms with Gasteiger partial charge in [-0.1, -0.05) is 64.7 Å². The molecule has 0 aromatic heterocycles. The van der Waals surface area contributed by atoms with Gasteiger partial charge in [0.1, 0.15) is 5.60 Å². The van der Waals surface area contributed by atoms with Gasteiger partial charge in [-0.15, -0.1) is 0 Å². The number of ether oxygens (including phenoxy) is 1. The van der Waals surface area contributed by atoms with Gasteiger partial charge >= 0.3 is 5.97 Å². The predicted molar refractivity (Wildman–Crippen MR) is 102 cm³/mol. The molecule has 0 radical (unpaired) electrons. The van der Waals surface area contributed by atoms with Gasteiger partial charge in [0.2, 0.25) is 0 Å². The summed E-state index contributed by atoms with van der Waals surface area (Å²) < 4.78 is 5.79. The van der Waals surface area contributed by atoms with Crippen LogP contribution < -0.4 is 5.32 Å². The molecule has 3 heteroatoms. The van der Waals surface area contributed by atoms with E-state index in [4.69, 9.17) is 4.74 Å². The first-order valence-electron chi connectivity index (χ1n) is 10.5. The van der Waals surface area contributed by atoms with Gasteiger partial charge in [0.05, 0.1) is 0 Å². The SMILES string of the molecule is CCCCCCCCCCCCC(=O)OC(C)(C)C1CCNCC1. The van der Waals surface area contributed by atoms with Crippen LogP contribution in [-0.2, 0) is 9.53 Å². The van der Waals surface area contributed by atoms with E-state index in [-0.39, 0.29) is 11.6 Å². The standard InChI is InChI=1S/C21H41NO2/c1-4-5-6-7-8-9-10-11-12-13-14-20(23)24-21(2,3)19-15-17-22-18-16-19/h19,22H,4-18H2,1-3H3. The number of carbonyl (C=O) groups excluding carboxylic acids is 1. The van der Waals surface area contributed by atoms with Crippen molar-refractivity contribution in [1.29, 1.82) is 0 Å². The third kappa shape index (κ3) is 9.66. The summed E-state index contributed by atoms with van der Waals surface area (Å²) in [5, 5.41) is 3.37. The monoisotopic (exact) mass is 339 g/mol. The average Bonchev–Trinajstić information content (AvgIpc) is 2.57. The van der Waals surface area contributed by atoms with Crippen molar-refractivity contribution in [2.75, 3.05) is 13.1 Å². The van der Waals surface area contributed by atoms with Gasteiger partial charge in [-0.3, -0.25) is 4.79 Å². The Labute approximate surface area is 150 Å². The molecular weight excluding hydrogens is 298 g/mol. The number of piperidine rings is 1. The molecule has 1 heterocycles. The molecule has 1 rings (SSSR count). The number of unbranched alkanes of at least 4 members (excludes halogenated alkanes) is 9. The van der Waals surface area contributed by atoms with Gasteiger partial charge in [-0.05, 0) is 46.2 Å². The molecule has 0 saturated carbocycles. The lowest BCUT2D eigenvalue weighted by Gasteiger charge is -2.36. The first-order valence-corrected chi connectivity index (χ1v) is 10.5. The van der Waals surface area contributed by atoms with E-state index in [1.807, 2.05) is 0 Å². The highest BCUT2D eigenvalue weighted by molar-refractivity contribution is 5.69. The molecule has 142 valence electrons. The van der Waals surface area contributed by atoms with Gasteiger partial charge in [0, 0.05) is 12.3 Å². The molecule has 0 atom stereocenters. The average molecular weight is 340 g/mol. The van der Waals surface area contributed by atoms with Crippen molar-refractivity contribution in [3.05, 3.63) is 0 Å². The van der Waals surface area contributed by atoms with Crippen LogP contribution >= 0.6 is 0 Å². The smallest absolute Gasteiger partial charge is 0.306 e. The van der Waals surface area contributed by atoms with E-state index in [0.29, 0.717) is 12.3 Å². The van der Waals surface area contributed by atoms with Crippen molar-refractivity contribution in [2.45, 2.75) is 110 Å². The molecular formula is C21H41NO2. The second kappa shape index (κ2) is 12.7. The fourth-order valence-electron chi connectivity index (χ4n) is 3.70. The van der Waals surface area contributed by atoms with Crippen LogP contribution in [0.5, 0.6) is 0 Å². The summed E-state index contributed by atoms with van der Waals surface area (Å²) in [5.41, 5.74) is -0.308. The number of rotatable bonds is 13. The van der Waals surface area contributed by atoms with E-state index in [1.54, 1.807) is 0 Å². The molecule has 0 spiro atoms. The van der Waals surface area contributed by atoms with Crippen molar-refractivity contribution >= 4 is 5.97 Å². The Balaban J connectivity index is 1.99. The van der Waals surface area contributed by atoms with Crippen LogP contribution in [0.2, 0.25) is 0 Å². The summed E-state index contributed by atoms with van der Waals surface area (Å²) in [6, 6.07) is 0. The fraction of sp³-hybridized carbons (Fsp3) is 0.952. The number of esters is 1. The maximum absolute atomic E-state index is 12.1. The van der Waals surface area contributed by atoms with Gasteiger partial charge in [-0.2, -0.15) is 0 Å². The molecule has 0 aliphatic carbocycles. The summed E-state index contributed by atoms with van der Waals surface area (Å²) >= 11 is 0. The zero-order valence-electron chi connectivity index (χ0n) is 16.5. The Morgan fingerprint density at radius 3 is 1.96 bits per heavy atom. The lowest BCUT2D eigenvalue weighted by molar-refractivity contribution is -0.162. The molecule has 0 amide bonds. The van der Waals surface area contributed by atoms with Crippen LogP contribution in [0.1, 0.15) is 104 Å². The third-order valence-electron chi connectivity index (χ3n) is 5.43. The number of hydrogen-bond acceptors (Lipinski definition) is 3. The summed E-state index contributed by atoms with van der Waals surface area (Å²) in [5.74, 6) is 0.494. The Bertz CT molecular complexity index is 322. The molecule has 1 fully saturated rings. The van der Waals surface area contributed by atoms with Gasteiger partial charge in [-0.25, -0.2) is 0 Å². The van der Waals surface area contributed by atoms with E-state index in [2.05, 4.69) is 26.1 Å². The van der Waals surface area contributed by atoms with Crippen molar-refractivity contribution < 1.29 is 9.53 Å². The van der Waals surface area contributed by atoms with Crippen LogP contribution in [0, 0.1) is 5.92 Å². The zero-order valence-corrected chi connectivity index (χ0v) is 16.5. The quantitative estimate of drug-likeness (QED) is 0.350. The Hall–Kier alpha value is -0.570. The molecule has 0 bridgehead atoms. The topological polar surface area (TPSA) is 38.3 Å². The minimum Gasteiger partial charge on any atom is -0.459 e. The second-order valence-corrected chi connectivity index (χ2v) is 8.03. The molecule has 0 aromatic rings. The van der Waals surface area contributed by atoms with Gasteiger partial charge < -0.3 is 10.1 Å². The third-order valence-corrected chi connectivity index (χ3v) is 5.43. The number of nitrogens with one attached hydrogen (secondary N) is 1. The van der Waals surface area contributed by atoms with Crippen LogP contribution in [0.25, 0.3) is 0 Å². The summed E-state index contributed by atoms with van der Waals surface area (Å²) in [4.78, 5) is 12.1. The minimum absolute atomic E-state index is 0.00176. The van der Waals surface area contributed by atoms with Crippen molar-refractivity contribution in [3.8, 4) is 0 Å². The van der Waals surface area contributed by atoms with E-state index >= 15 is 0 Å². The molecule has 0 unspecified atom stereocenters. The van der Waals surface area contributed by atoms with Crippen molar-refractivity contribution in [1.82, 2.24) is 5.32 Å². The van der Waals surface area contributed by atoms with Crippen LogP contribution in [-0.4, -0.2) is 24.7 Å². The zero-order chi connectivity index (χ0) is 17.7. The van der Waals surface area contributed by atoms with Crippen LogP contribution in [0.15, 0.2) is 0 Å². The Morgan fingerprint density at radius 2 is 1.42 bits per heavy atom. The van der Waals surface area contributed by atoms with E-state index in [1.165, 1.54) is 51.4 Å². The first kappa shape index (κ1) is 21.5.